The molecule has 3 rings (SSSR count). The van der Waals surface area contributed by atoms with Crippen LogP contribution in [0.25, 0.3) is 0 Å². The zero-order valence-electron chi connectivity index (χ0n) is 18.9. The maximum Gasteiger partial charge on any atom is 0.264 e. The second kappa shape index (κ2) is 10.6. The van der Waals surface area contributed by atoms with Crippen molar-refractivity contribution >= 4 is 40.4 Å². The van der Waals surface area contributed by atoms with E-state index in [1.54, 1.807) is 22.3 Å². The van der Waals surface area contributed by atoms with Gasteiger partial charge in [0.1, 0.15) is 6.04 Å². The van der Waals surface area contributed by atoms with E-state index in [4.69, 9.17) is 5.73 Å². The van der Waals surface area contributed by atoms with Crippen LogP contribution in [0.1, 0.15) is 48.2 Å². The Balaban J connectivity index is 1.87. The second-order valence-electron chi connectivity index (χ2n) is 9.26. The fourth-order valence-electron chi connectivity index (χ4n) is 3.91. The second-order valence-corrected chi connectivity index (χ2v) is 11.2. The first-order valence-corrected chi connectivity index (χ1v) is 12.6. The van der Waals surface area contributed by atoms with Gasteiger partial charge in [-0.15, -0.1) is 22.7 Å². The Morgan fingerprint density at radius 3 is 2.50 bits per heavy atom. The summed E-state index contributed by atoms with van der Waals surface area (Å²) in [5.41, 5.74) is 5.39. The largest absolute Gasteiger partial charge is 0.353 e. The molecule has 3 heterocycles. The smallest absolute Gasteiger partial charge is 0.264 e. The summed E-state index contributed by atoms with van der Waals surface area (Å²) in [7, 11) is 0. The van der Waals surface area contributed by atoms with Crippen LogP contribution in [-0.2, 0) is 16.1 Å². The molecule has 1 fully saturated rings. The van der Waals surface area contributed by atoms with E-state index in [2.05, 4.69) is 5.32 Å². The maximum absolute atomic E-state index is 13.3. The van der Waals surface area contributed by atoms with Gasteiger partial charge in [0.25, 0.3) is 5.91 Å². The van der Waals surface area contributed by atoms with E-state index in [1.165, 1.54) is 11.3 Å². The number of nitrogens with one attached hydrogen (secondary N) is 1. The number of hydrogen-bond acceptors (Lipinski definition) is 6. The van der Waals surface area contributed by atoms with Crippen molar-refractivity contribution in [1.29, 1.82) is 0 Å². The minimum absolute atomic E-state index is 0.0439. The topological polar surface area (TPSA) is 95.7 Å². The zero-order chi connectivity index (χ0) is 23.3. The Hall–Kier alpha value is -2.23. The highest BCUT2D eigenvalue weighted by atomic mass is 32.1. The van der Waals surface area contributed by atoms with Crippen molar-refractivity contribution in [2.45, 2.75) is 52.2 Å². The lowest BCUT2D eigenvalue weighted by Crippen LogP contribution is -2.46. The highest BCUT2D eigenvalue weighted by molar-refractivity contribution is 7.12. The van der Waals surface area contributed by atoms with Crippen LogP contribution in [0.4, 0.5) is 0 Å². The van der Waals surface area contributed by atoms with Crippen LogP contribution in [0.2, 0.25) is 0 Å². The van der Waals surface area contributed by atoms with Gasteiger partial charge >= 0.3 is 0 Å². The van der Waals surface area contributed by atoms with Crippen LogP contribution in [0, 0.1) is 5.41 Å². The van der Waals surface area contributed by atoms with Gasteiger partial charge in [-0.25, -0.2) is 0 Å². The van der Waals surface area contributed by atoms with Crippen molar-refractivity contribution in [3.8, 4) is 0 Å². The fraction of sp³-hybridized carbons (Fsp3) is 0.522. The molecular formula is C23H32N4O3S2. The van der Waals surface area contributed by atoms with E-state index in [9.17, 15) is 14.4 Å². The number of carbonyl (C=O) groups is 3. The minimum atomic E-state index is -0.630. The summed E-state index contributed by atoms with van der Waals surface area (Å²) >= 11 is 2.96. The molecule has 0 bridgehead atoms. The summed E-state index contributed by atoms with van der Waals surface area (Å²) in [5, 5.41) is 6.66. The molecule has 32 heavy (non-hydrogen) atoms. The summed E-state index contributed by atoms with van der Waals surface area (Å²) < 4.78 is 0. The van der Waals surface area contributed by atoms with Gasteiger partial charge in [-0.3, -0.25) is 14.4 Å². The number of nitrogens with zero attached hydrogens (tertiary/aromatic N) is 2. The Morgan fingerprint density at radius 1 is 1.19 bits per heavy atom. The normalized spacial score (nSPS) is 18.6. The first kappa shape index (κ1) is 24.4. The molecule has 0 spiro atoms. The molecule has 3 N–H and O–H groups in total. The molecule has 2 aromatic rings. The van der Waals surface area contributed by atoms with Gasteiger partial charge in [-0.05, 0) is 34.7 Å². The molecule has 7 nitrogen and oxygen atoms in total. The highest BCUT2D eigenvalue weighted by Crippen LogP contribution is 2.30. The van der Waals surface area contributed by atoms with Crippen LogP contribution < -0.4 is 11.1 Å². The lowest BCUT2D eigenvalue weighted by atomic mass is 9.91. The number of carbonyl (C=O) groups excluding carboxylic acids is 3. The van der Waals surface area contributed by atoms with Gasteiger partial charge in [0.2, 0.25) is 11.8 Å². The number of likely N-dealkylation sites (tertiary alicyclic amines) is 1. The SMILES string of the molecule is CC(C)(C)CC(=O)N(Cc1cccs1)C1CC(C(=O)NCCN)N(C(=O)c2cccs2)C1. The first-order valence-electron chi connectivity index (χ1n) is 10.8. The summed E-state index contributed by atoms with van der Waals surface area (Å²) in [6, 6.07) is 6.71. The van der Waals surface area contributed by atoms with E-state index >= 15 is 0 Å². The molecule has 0 saturated carbocycles. The van der Waals surface area contributed by atoms with Crippen molar-refractivity contribution in [3.63, 3.8) is 0 Å². The molecular weight excluding hydrogens is 444 g/mol. The number of amides is 3. The molecule has 2 aromatic heterocycles. The van der Waals surface area contributed by atoms with Gasteiger partial charge in [0, 0.05) is 30.9 Å². The molecule has 1 aliphatic heterocycles. The average Bonchev–Trinajstić information content (AvgIpc) is 3.49. The van der Waals surface area contributed by atoms with Crippen LogP contribution in [0.5, 0.6) is 0 Å². The molecule has 0 aliphatic carbocycles. The fourth-order valence-corrected chi connectivity index (χ4v) is 5.30. The van der Waals surface area contributed by atoms with Gasteiger partial charge in [0.15, 0.2) is 0 Å². The van der Waals surface area contributed by atoms with Crippen LogP contribution in [-0.4, -0.2) is 59.2 Å². The number of hydrogen-bond donors (Lipinski definition) is 2. The van der Waals surface area contributed by atoms with Crippen molar-refractivity contribution in [2.24, 2.45) is 11.1 Å². The maximum atomic E-state index is 13.3. The third kappa shape index (κ3) is 6.17. The van der Waals surface area contributed by atoms with E-state index < -0.39 is 6.04 Å². The highest BCUT2D eigenvalue weighted by Gasteiger charge is 2.43. The van der Waals surface area contributed by atoms with E-state index in [0.717, 1.165) is 4.88 Å². The molecule has 3 amide bonds. The van der Waals surface area contributed by atoms with Crippen LogP contribution in [0.3, 0.4) is 0 Å². The lowest BCUT2D eigenvalue weighted by molar-refractivity contribution is -0.136. The Morgan fingerprint density at radius 2 is 1.91 bits per heavy atom. The van der Waals surface area contributed by atoms with E-state index in [0.29, 0.717) is 43.9 Å². The lowest BCUT2D eigenvalue weighted by Gasteiger charge is -2.31. The molecule has 2 atom stereocenters. The third-order valence-electron chi connectivity index (χ3n) is 5.37. The van der Waals surface area contributed by atoms with Crippen LogP contribution in [0.15, 0.2) is 35.0 Å². The summed E-state index contributed by atoms with van der Waals surface area (Å²) in [4.78, 5) is 44.6. The Labute approximate surface area is 197 Å². The van der Waals surface area contributed by atoms with E-state index in [-0.39, 0.29) is 29.2 Å². The first-order chi connectivity index (χ1) is 15.2. The zero-order valence-corrected chi connectivity index (χ0v) is 20.5. The van der Waals surface area contributed by atoms with Crippen LogP contribution >= 0.6 is 22.7 Å². The summed E-state index contributed by atoms with van der Waals surface area (Å²) in [6.07, 6.45) is 0.812. The van der Waals surface area contributed by atoms with Crippen molar-refractivity contribution in [3.05, 3.63) is 44.8 Å². The van der Waals surface area contributed by atoms with Gasteiger partial charge in [0.05, 0.1) is 17.5 Å². The number of nitrogens with two attached hydrogens (primary N) is 1. The molecule has 1 saturated heterocycles. The average molecular weight is 477 g/mol. The summed E-state index contributed by atoms with van der Waals surface area (Å²) in [6.45, 7) is 7.61. The number of thiophene rings is 2. The third-order valence-corrected chi connectivity index (χ3v) is 7.09. The Bertz CT molecular complexity index is 906. The molecule has 9 heteroatoms. The predicted octanol–water partition coefficient (Wildman–Crippen LogP) is 2.93. The van der Waals surface area contributed by atoms with Crippen molar-refractivity contribution < 1.29 is 14.4 Å². The number of rotatable bonds is 8. The molecule has 0 aromatic carbocycles. The standard InChI is InChI=1S/C23H32N4O3S2/c1-23(2,3)13-20(28)26(15-17-6-4-10-31-17)16-12-18(21(29)25-9-8-24)27(14-16)22(30)19-7-5-11-32-19/h4-7,10-11,16,18H,8-9,12-15,24H2,1-3H3,(H,25,29). The summed E-state index contributed by atoms with van der Waals surface area (Å²) in [5.74, 6) is -0.348. The van der Waals surface area contributed by atoms with Gasteiger partial charge in [-0.1, -0.05) is 32.9 Å². The predicted molar refractivity (Wildman–Crippen MR) is 129 cm³/mol. The quantitative estimate of drug-likeness (QED) is 0.612. The Kier molecular flexibility index (Phi) is 8.08. The molecule has 2 unspecified atom stereocenters. The van der Waals surface area contributed by atoms with Gasteiger partial charge in [-0.2, -0.15) is 0 Å². The molecule has 174 valence electrons. The molecule has 0 radical (unpaired) electrons. The minimum Gasteiger partial charge on any atom is -0.353 e. The van der Waals surface area contributed by atoms with Crippen molar-refractivity contribution in [1.82, 2.24) is 15.1 Å². The monoisotopic (exact) mass is 476 g/mol. The van der Waals surface area contributed by atoms with E-state index in [1.807, 2.05) is 54.6 Å². The van der Waals surface area contributed by atoms with Gasteiger partial charge < -0.3 is 20.9 Å². The van der Waals surface area contributed by atoms with Crippen molar-refractivity contribution in [2.75, 3.05) is 19.6 Å². The molecule has 1 aliphatic rings.